The maximum absolute atomic E-state index is 13.1. The Balaban J connectivity index is 2.17. The van der Waals surface area contributed by atoms with Crippen LogP contribution in [0.15, 0.2) is 24.0 Å². The number of carbonyl (C=O) groups excluding carboxylic acids is 2. The Labute approximate surface area is 160 Å². The summed E-state index contributed by atoms with van der Waals surface area (Å²) in [5.41, 5.74) is 3.04. The zero-order chi connectivity index (χ0) is 19.1. The second-order valence-corrected chi connectivity index (χ2v) is 9.96. The molecule has 1 aliphatic heterocycles. The third-order valence-electron chi connectivity index (χ3n) is 5.26. The van der Waals surface area contributed by atoms with Crippen molar-refractivity contribution in [3.8, 4) is 0 Å². The molecule has 1 spiro atoms. The smallest absolute Gasteiger partial charge is 0.316 e. The summed E-state index contributed by atoms with van der Waals surface area (Å²) in [6.07, 6.45) is 5.10. The van der Waals surface area contributed by atoms with E-state index in [1.54, 1.807) is 0 Å². The molecule has 0 unspecified atom stereocenters. The average molecular weight is 373 g/mol. The van der Waals surface area contributed by atoms with Gasteiger partial charge in [0.15, 0.2) is 0 Å². The van der Waals surface area contributed by atoms with Crippen LogP contribution in [0.4, 0.5) is 0 Å². The lowest BCUT2D eigenvalue weighted by Gasteiger charge is -2.34. The van der Waals surface area contributed by atoms with Gasteiger partial charge in [-0.2, -0.15) is 0 Å². The second-order valence-electron chi connectivity index (χ2n) is 8.61. The van der Waals surface area contributed by atoms with Crippen LogP contribution in [0.5, 0.6) is 0 Å². The highest BCUT2D eigenvalue weighted by Crippen LogP contribution is 2.55. The van der Waals surface area contributed by atoms with Crippen LogP contribution in [0.1, 0.15) is 69.6 Å². The maximum atomic E-state index is 13.1. The van der Waals surface area contributed by atoms with E-state index in [2.05, 4.69) is 0 Å². The highest BCUT2D eigenvalue weighted by molar-refractivity contribution is 8.16. The quantitative estimate of drug-likeness (QED) is 0.636. The number of carbonyl (C=O) groups is 2. The minimum atomic E-state index is -0.605. The maximum Gasteiger partial charge on any atom is 0.316 e. The molecule has 1 heterocycles. The summed E-state index contributed by atoms with van der Waals surface area (Å²) < 4.78 is 5.63. The Morgan fingerprint density at radius 3 is 2.38 bits per heavy atom. The number of hydrogen-bond donors (Lipinski definition) is 0. The minimum Gasteiger partial charge on any atom is -0.428 e. The van der Waals surface area contributed by atoms with Crippen molar-refractivity contribution in [1.82, 2.24) is 0 Å². The monoisotopic (exact) mass is 372 g/mol. The first-order valence-corrected chi connectivity index (χ1v) is 10.2. The lowest BCUT2D eigenvalue weighted by molar-refractivity contribution is -0.149. The lowest BCUT2D eigenvalue weighted by Crippen LogP contribution is -2.33. The summed E-state index contributed by atoms with van der Waals surface area (Å²) in [7, 11) is 0. The molecule has 1 aliphatic carbocycles. The molecule has 0 bridgehead atoms. The van der Waals surface area contributed by atoms with E-state index < -0.39 is 5.41 Å². The Hall–Kier alpha value is -1.55. The standard InChI is InChI=1S/C22H28O3S/c1-14-9-10-15(2)16(13-14)17-18(25-20(24)21(3,4)5)22(26-19(17)23)11-7-6-8-12-22/h9-10,13H,6-8,11-12H2,1-5H3. The second kappa shape index (κ2) is 6.88. The van der Waals surface area contributed by atoms with Crippen molar-refractivity contribution in [2.75, 3.05) is 0 Å². The van der Waals surface area contributed by atoms with Crippen LogP contribution in [0.2, 0.25) is 0 Å². The van der Waals surface area contributed by atoms with E-state index in [4.69, 9.17) is 4.74 Å². The number of aryl methyl sites for hydroxylation is 2. The van der Waals surface area contributed by atoms with E-state index in [0.717, 1.165) is 42.4 Å². The summed E-state index contributed by atoms with van der Waals surface area (Å²) in [4.78, 5) is 25.8. The van der Waals surface area contributed by atoms with Crippen molar-refractivity contribution < 1.29 is 14.3 Å². The summed E-state index contributed by atoms with van der Waals surface area (Å²) in [6, 6.07) is 6.11. The molecule has 3 rings (SSSR count). The predicted molar refractivity (Wildman–Crippen MR) is 107 cm³/mol. The van der Waals surface area contributed by atoms with Crippen LogP contribution in [0, 0.1) is 19.3 Å². The SMILES string of the molecule is Cc1ccc(C)c(C2=C(OC(=O)C(C)(C)C)C3(CCCCC3)SC2=O)c1. The predicted octanol–water partition coefficient (Wildman–Crippen LogP) is 5.58. The van der Waals surface area contributed by atoms with Crippen molar-refractivity contribution >= 4 is 28.4 Å². The topological polar surface area (TPSA) is 43.4 Å². The molecule has 1 saturated carbocycles. The van der Waals surface area contributed by atoms with Gasteiger partial charge >= 0.3 is 5.97 Å². The Morgan fingerprint density at radius 1 is 1.12 bits per heavy atom. The van der Waals surface area contributed by atoms with Gasteiger partial charge in [0.2, 0.25) is 5.12 Å². The minimum absolute atomic E-state index is 0.0392. The molecular weight excluding hydrogens is 344 g/mol. The number of hydrogen-bond acceptors (Lipinski definition) is 4. The largest absolute Gasteiger partial charge is 0.428 e. The number of thioether (sulfide) groups is 1. The lowest BCUT2D eigenvalue weighted by atomic mass is 9.84. The fourth-order valence-electron chi connectivity index (χ4n) is 3.67. The van der Waals surface area contributed by atoms with Gasteiger partial charge in [0.1, 0.15) is 5.76 Å². The number of benzene rings is 1. The van der Waals surface area contributed by atoms with Gasteiger partial charge in [-0.3, -0.25) is 9.59 Å². The van der Waals surface area contributed by atoms with Crippen molar-refractivity contribution in [2.45, 2.75) is 71.5 Å². The van der Waals surface area contributed by atoms with E-state index in [1.807, 2.05) is 52.8 Å². The fraction of sp³-hybridized carbons (Fsp3) is 0.545. The Morgan fingerprint density at radius 2 is 1.77 bits per heavy atom. The van der Waals surface area contributed by atoms with Gasteiger partial charge in [-0.05, 0) is 58.6 Å². The molecule has 140 valence electrons. The van der Waals surface area contributed by atoms with Crippen molar-refractivity contribution in [1.29, 1.82) is 0 Å². The highest BCUT2D eigenvalue weighted by atomic mass is 32.2. The van der Waals surface area contributed by atoms with Crippen LogP contribution >= 0.6 is 11.8 Å². The zero-order valence-corrected chi connectivity index (χ0v) is 17.2. The summed E-state index contributed by atoms with van der Waals surface area (Å²) >= 11 is 1.38. The molecule has 0 N–H and O–H groups in total. The van der Waals surface area contributed by atoms with Crippen LogP contribution < -0.4 is 0 Å². The summed E-state index contributed by atoms with van der Waals surface area (Å²) in [5.74, 6) is 0.344. The van der Waals surface area contributed by atoms with Crippen LogP contribution in [0.25, 0.3) is 5.57 Å². The third kappa shape index (κ3) is 3.48. The first-order chi connectivity index (χ1) is 12.1. The van der Waals surface area contributed by atoms with E-state index >= 15 is 0 Å². The van der Waals surface area contributed by atoms with Gasteiger partial charge in [0.05, 0.1) is 15.7 Å². The van der Waals surface area contributed by atoms with Crippen molar-refractivity contribution in [2.24, 2.45) is 5.41 Å². The Kier molecular flexibility index (Phi) is 5.08. The molecule has 0 atom stereocenters. The molecule has 1 aromatic carbocycles. The summed E-state index contributed by atoms with van der Waals surface area (Å²) in [5, 5.41) is 0.0392. The third-order valence-corrected chi connectivity index (χ3v) is 6.64. The molecule has 0 saturated heterocycles. The molecule has 1 fully saturated rings. The molecule has 0 radical (unpaired) electrons. The number of esters is 1. The average Bonchev–Trinajstić information content (AvgIpc) is 2.81. The number of ether oxygens (including phenoxy) is 1. The number of rotatable bonds is 2. The molecule has 4 heteroatoms. The highest BCUT2D eigenvalue weighted by Gasteiger charge is 2.50. The van der Waals surface area contributed by atoms with Gasteiger partial charge in [-0.1, -0.05) is 54.8 Å². The van der Waals surface area contributed by atoms with Gasteiger partial charge in [0.25, 0.3) is 0 Å². The van der Waals surface area contributed by atoms with Crippen LogP contribution in [0.3, 0.4) is 0 Å². The molecule has 1 aromatic rings. The molecule has 0 amide bonds. The molecule has 26 heavy (non-hydrogen) atoms. The molecule has 3 nitrogen and oxygen atoms in total. The van der Waals surface area contributed by atoms with Gasteiger partial charge in [-0.25, -0.2) is 0 Å². The molecule has 0 aromatic heterocycles. The van der Waals surface area contributed by atoms with E-state index in [9.17, 15) is 9.59 Å². The van der Waals surface area contributed by atoms with Crippen molar-refractivity contribution in [3.63, 3.8) is 0 Å². The molecule has 2 aliphatic rings. The van der Waals surface area contributed by atoms with Gasteiger partial charge < -0.3 is 4.74 Å². The van der Waals surface area contributed by atoms with Crippen LogP contribution in [-0.4, -0.2) is 15.8 Å². The van der Waals surface area contributed by atoms with E-state index in [-0.39, 0.29) is 15.8 Å². The molecular formula is C22H28O3S. The first-order valence-electron chi connectivity index (χ1n) is 9.42. The normalized spacial score (nSPS) is 20.0. The zero-order valence-electron chi connectivity index (χ0n) is 16.4. The first kappa shape index (κ1) is 19.2. The summed E-state index contributed by atoms with van der Waals surface area (Å²) in [6.45, 7) is 9.59. The van der Waals surface area contributed by atoms with Crippen molar-refractivity contribution in [3.05, 3.63) is 40.6 Å². The Bertz CT molecular complexity index is 777. The van der Waals surface area contributed by atoms with Gasteiger partial charge in [0, 0.05) is 0 Å². The van der Waals surface area contributed by atoms with Gasteiger partial charge in [-0.15, -0.1) is 0 Å². The van der Waals surface area contributed by atoms with Crippen LogP contribution in [-0.2, 0) is 14.3 Å². The van der Waals surface area contributed by atoms with E-state index in [1.165, 1.54) is 18.2 Å². The van der Waals surface area contributed by atoms with E-state index in [0.29, 0.717) is 11.3 Å². The fourth-order valence-corrected chi connectivity index (χ4v) is 5.06.